The van der Waals surface area contributed by atoms with Crippen LogP contribution in [-0.4, -0.2) is 42.9 Å². The minimum Gasteiger partial charge on any atom is -0.368 e. The Kier molecular flexibility index (Phi) is 5.31. The zero-order chi connectivity index (χ0) is 20.4. The lowest BCUT2D eigenvalue weighted by molar-refractivity contribution is -0.142. The fourth-order valence-corrected chi connectivity index (χ4v) is 4.21. The molecule has 5 heteroatoms. The zero-order valence-electron chi connectivity index (χ0n) is 17.3. The smallest absolute Gasteiger partial charge is 0.240 e. The van der Waals surface area contributed by atoms with Crippen LogP contribution in [0.25, 0.3) is 0 Å². The number of hydrogen-bond acceptors (Lipinski definition) is 3. The average molecular weight is 392 g/mol. The summed E-state index contributed by atoms with van der Waals surface area (Å²) in [6.45, 7) is 6.99. The maximum absolute atomic E-state index is 13.2. The van der Waals surface area contributed by atoms with Crippen LogP contribution >= 0.6 is 0 Å². The van der Waals surface area contributed by atoms with Gasteiger partial charge >= 0.3 is 0 Å². The molecule has 1 heterocycles. The average Bonchev–Trinajstić information content (AvgIpc) is 3.57. The van der Waals surface area contributed by atoms with Gasteiger partial charge in [-0.05, 0) is 49.4 Å². The molecule has 2 aromatic rings. The number of piperazine rings is 1. The molecular weight excluding hydrogens is 362 g/mol. The molecule has 152 valence electrons. The van der Waals surface area contributed by atoms with E-state index in [9.17, 15) is 9.59 Å². The minimum absolute atomic E-state index is 0.00524. The predicted molar refractivity (Wildman–Crippen MR) is 116 cm³/mol. The Morgan fingerprint density at radius 1 is 0.966 bits per heavy atom. The van der Waals surface area contributed by atoms with Crippen molar-refractivity contribution in [1.82, 2.24) is 4.90 Å². The number of nitrogens with zero attached hydrogens (tertiary/aromatic N) is 2. The fourth-order valence-electron chi connectivity index (χ4n) is 4.21. The third-order valence-electron chi connectivity index (χ3n) is 6.26. The van der Waals surface area contributed by atoms with Gasteiger partial charge in [-0.25, -0.2) is 0 Å². The van der Waals surface area contributed by atoms with E-state index in [2.05, 4.69) is 29.3 Å². The molecule has 1 saturated carbocycles. The van der Waals surface area contributed by atoms with Crippen molar-refractivity contribution in [2.45, 2.75) is 33.1 Å². The molecule has 0 unspecified atom stereocenters. The molecule has 0 aromatic heterocycles. The van der Waals surface area contributed by atoms with Gasteiger partial charge in [0.1, 0.15) is 5.41 Å². The van der Waals surface area contributed by atoms with Crippen molar-refractivity contribution in [2.75, 3.05) is 36.4 Å². The molecule has 1 aliphatic heterocycles. The lowest BCUT2D eigenvalue weighted by atomic mass is 10.0. The van der Waals surface area contributed by atoms with E-state index in [0.29, 0.717) is 25.9 Å². The molecule has 0 spiro atoms. The van der Waals surface area contributed by atoms with Gasteiger partial charge in [-0.1, -0.05) is 43.3 Å². The Hall–Kier alpha value is -2.82. The summed E-state index contributed by atoms with van der Waals surface area (Å²) in [6.07, 6.45) is 2.13. The molecule has 1 aliphatic carbocycles. The standard InChI is InChI=1S/C24H29N3O2/c1-3-19-9-7-8-18(2)21(19)25-22(28)24(12-13-24)23(29)27-16-14-26(15-17-27)20-10-5-4-6-11-20/h4-11H,3,12-17H2,1-2H3,(H,25,28). The van der Waals surface area contributed by atoms with Crippen molar-refractivity contribution in [2.24, 2.45) is 5.41 Å². The van der Waals surface area contributed by atoms with Gasteiger partial charge in [-0.2, -0.15) is 0 Å². The molecule has 1 N–H and O–H groups in total. The summed E-state index contributed by atoms with van der Waals surface area (Å²) in [5, 5.41) is 3.09. The van der Waals surface area contributed by atoms with Gasteiger partial charge in [0.25, 0.3) is 0 Å². The van der Waals surface area contributed by atoms with Crippen LogP contribution in [0.2, 0.25) is 0 Å². The van der Waals surface area contributed by atoms with E-state index in [0.717, 1.165) is 36.3 Å². The van der Waals surface area contributed by atoms with Crippen LogP contribution in [-0.2, 0) is 16.0 Å². The summed E-state index contributed by atoms with van der Waals surface area (Å²) in [5.41, 5.74) is 3.33. The number of carbonyl (C=O) groups is 2. The van der Waals surface area contributed by atoms with Crippen molar-refractivity contribution >= 4 is 23.2 Å². The van der Waals surface area contributed by atoms with E-state index in [1.54, 1.807) is 0 Å². The van der Waals surface area contributed by atoms with E-state index in [1.165, 1.54) is 5.69 Å². The van der Waals surface area contributed by atoms with E-state index in [-0.39, 0.29) is 11.8 Å². The Bertz CT molecular complexity index is 898. The second-order valence-electron chi connectivity index (χ2n) is 8.11. The molecular formula is C24H29N3O2. The van der Waals surface area contributed by atoms with Gasteiger partial charge in [0.2, 0.25) is 11.8 Å². The number of anilines is 2. The third-order valence-corrected chi connectivity index (χ3v) is 6.26. The molecule has 2 amide bonds. The second kappa shape index (κ2) is 7.90. The summed E-state index contributed by atoms with van der Waals surface area (Å²) < 4.78 is 0. The second-order valence-corrected chi connectivity index (χ2v) is 8.11. The maximum Gasteiger partial charge on any atom is 0.240 e. The molecule has 5 nitrogen and oxygen atoms in total. The predicted octanol–water partition coefficient (Wildman–Crippen LogP) is 3.62. The van der Waals surface area contributed by atoms with Gasteiger partial charge in [0.15, 0.2) is 0 Å². The first-order valence-electron chi connectivity index (χ1n) is 10.5. The minimum atomic E-state index is -0.873. The van der Waals surface area contributed by atoms with E-state index in [1.807, 2.05) is 48.2 Å². The van der Waals surface area contributed by atoms with Crippen molar-refractivity contribution < 1.29 is 9.59 Å². The lowest BCUT2D eigenvalue weighted by Gasteiger charge is -2.37. The number of hydrogen-bond donors (Lipinski definition) is 1. The van der Waals surface area contributed by atoms with Gasteiger partial charge in [0.05, 0.1) is 0 Å². The molecule has 29 heavy (non-hydrogen) atoms. The normalized spacial score (nSPS) is 17.7. The first kappa shape index (κ1) is 19.5. The number of benzene rings is 2. The zero-order valence-corrected chi connectivity index (χ0v) is 17.3. The molecule has 4 rings (SSSR count). The summed E-state index contributed by atoms with van der Waals surface area (Å²) in [6, 6.07) is 16.3. The van der Waals surface area contributed by atoms with Gasteiger partial charge in [-0.15, -0.1) is 0 Å². The van der Waals surface area contributed by atoms with Gasteiger partial charge in [-0.3, -0.25) is 9.59 Å². The summed E-state index contributed by atoms with van der Waals surface area (Å²) in [7, 11) is 0. The highest BCUT2D eigenvalue weighted by Gasteiger charge is 2.58. The van der Waals surface area contributed by atoms with Crippen molar-refractivity contribution in [3.8, 4) is 0 Å². The molecule has 2 fully saturated rings. The quantitative estimate of drug-likeness (QED) is 0.792. The van der Waals surface area contributed by atoms with Crippen LogP contribution in [0, 0.1) is 12.3 Å². The molecule has 0 atom stereocenters. The van der Waals surface area contributed by atoms with Crippen LogP contribution in [0.1, 0.15) is 30.9 Å². The first-order valence-corrected chi connectivity index (χ1v) is 10.5. The number of aryl methyl sites for hydroxylation is 2. The summed E-state index contributed by atoms with van der Waals surface area (Å²) >= 11 is 0. The highest BCUT2D eigenvalue weighted by atomic mass is 16.2. The number of rotatable bonds is 5. The molecule has 2 aromatic carbocycles. The Balaban J connectivity index is 1.42. The van der Waals surface area contributed by atoms with Crippen molar-refractivity contribution in [1.29, 1.82) is 0 Å². The number of para-hydroxylation sites is 2. The van der Waals surface area contributed by atoms with Gasteiger partial charge < -0.3 is 15.1 Å². The Morgan fingerprint density at radius 3 is 2.28 bits per heavy atom. The van der Waals surface area contributed by atoms with E-state index >= 15 is 0 Å². The summed E-state index contributed by atoms with van der Waals surface area (Å²) in [4.78, 5) is 30.5. The lowest BCUT2D eigenvalue weighted by Crippen LogP contribution is -2.52. The van der Waals surface area contributed by atoms with E-state index in [4.69, 9.17) is 0 Å². The van der Waals surface area contributed by atoms with E-state index < -0.39 is 5.41 Å². The Labute approximate surface area is 172 Å². The summed E-state index contributed by atoms with van der Waals surface area (Å²) in [5.74, 6) is -0.147. The number of carbonyl (C=O) groups excluding carboxylic acids is 2. The van der Waals surface area contributed by atoms with Crippen LogP contribution in [0.5, 0.6) is 0 Å². The number of nitrogens with one attached hydrogen (secondary N) is 1. The SMILES string of the molecule is CCc1cccc(C)c1NC(=O)C1(C(=O)N2CCN(c3ccccc3)CC2)CC1. The monoisotopic (exact) mass is 391 g/mol. The van der Waals surface area contributed by atoms with Crippen LogP contribution < -0.4 is 10.2 Å². The third kappa shape index (κ3) is 3.74. The van der Waals surface area contributed by atoms with Crippen molar-refractivity contribution in [3.63, 3.8) is 0 Å². The highest BCUT2D eigenvalue weighted by molar-refractivity contribution is 6.13. The number of amides is 2. The largest absolute Gasteiger partial charge is 0.368 e. The molecule has 2 aliphatic rings. The van der Waals surface area contributed by atoms with Crippen LogP contribution in [0.3, 0.4) is 0 Å². The topological polar surface area (TPSA) is 52.7 Å². The fraction of sp³-hybridized carbons (Fsp3) is 0.417. The molecule has 0 bridgehead atoms. The first-order chi connectivity index (χ1) is 14.0. The molecule has 0 radical (unpaired) electrons. The maximum atomic E-state index is 13.2. The van der Waals surface area contributed by atoms with Gasteiger partial charge in [0, 0.05) is 37.6 Å². The van der Waals surface area contributed by atoms with Crippen molar-refractivity contribution in [3.05, 3.63) is 59.7 Å². The Morgan fingerprint density at radius 2 is 1.66 bits per heavy atom. The van der Waals surface area contributed by atoms with Crippen LogP contribution in [0.4, 0.5) is 11.4 Å². The molecule has 1 saturated heterocycles. The van der Waals surface area contributed by atoms with Crippen LogP contribution in [0.15, 0.2) is 48.5 Å². The highest BCUT2D eigenvalue weighted by Crippen LogP contribution is 2.48.